The molecule has 0 spiro atoms. The molecular formula is C19H23FN2O2S. The van der Waals surface area contributed by atoms with Crippen molar-refractivity contribution in [2.75, 3.05) is 26.7 Å². The van der Waals surface area contributed by atoms with E-state index in [0.717, 1.165) is 36.4 Å². The van der Waals surface area contributed by atoms with Crippen molar-refractivity contribution in [1.82, 2.24) is 10.2 Å². The van der Waals surface area contributed by atoms with E-state index in [-0.39, 0.29) is 17.8 Å². The second-order valence-electron chi connectivity index (χ2n) is 6.28. The van der Waals surface area contributed by atoms with Crippen molar-refractivity contribution in [2.45, 2.75) is 25.0 Å². The van der Waals surface area contributed by atoms with Crippen molar-refractivity contribution in [3.63, 3.8) is 0 Å². The topological polar surface area (TPSA) is 41.6 Å². The van der Waals surface area contributed by atoms with Crippen LogP contribution in [0.15, 0.2) is 41.8 Å². The summed E-state index contributed by atoms with van der Waals surface area (Å²) in [6.07, 6.45) is 2.21. The van der Waals surface area contributed by atoms with E-state index >= 15 is 0 Å². The summed E-state index contributed by atoms with van der Waals surface area (Å²) in [6.45, 7) is 2.11. The van der Waals surface area contributed by atoms with Crippen LogP contribution in [0.25, 0.3) is 0 Å². The van der Waals surface area contributed by atoms with Gasteiger partial charge < -0.3 is 10.1 Å². The number of methoxy groups -OCH3 is 1. The first-order chi connectivity index (χ1) is 12.2. The largest absolute Gasteiger partial charge is 0.381 e. The van der Waals surface area contributed by atoms with E-state index in [1.165, 1.54) is 12.1 Å². The van der Waals surface area contributed by atoms with Crippen LogP contribution in [-0.4, -0.2) is 43.7 Å². The van der Waals surface area contributed by atoms with Gasteiger partial charge in [0.05, 0.1) is 18.7 Å². The Morgan fingerprint density at radius 1 is 1.32 bits per heavy atom. The van der Waals surface area contributed by atoms with Gasteiger partial charge in [-0.25, -0.2) is 4.39 Å². The van der Waals surface area contributed by atoms with E-state index in [2.05, 4.69) is 10.2 Å². The van der Waals surface area contributed by atoms with Gasteiger partial charge in [-0.1, -0.05) is 18.2 Å². The number of ether oxygens (including phenoxy) is 1. The standard InChI is InChI=1S/C19H23FN2O2S/c1-24-16-8-10-22(11-9-16)13-18(23)21-19(17-3-2-12-25-17)14-4-6-15(20)7-5-14/h2-7,12,16,19H,8-11,13H2,1H3,(H,21,23). The number of benzene rings is 1. The lowest BCUT2D eigenvalue weighted by atomic mass is 10.0. The molecule has 1 aliphatic rings. The molecule has 1 aromatic carbocycles. The van der Waals surface area contributed by atoms with E-state index in [1.54, 1.807) is 30.6 Å². The molecule has 1 unspecified atom stereocenters. The molecule has 0 aliphatic carbocycles. The highest BCUT2D eigenvalue weighted by Gasteiger charge is 2.23. The Bertz CT molecular complexity index is 667. The Hall–Kier alpha value is -1.76. The molecule has 1 N–H and O–H groups in total. The molecule has 1 atom stereocenters. The van der Waals surface area contributed by atoms with Gasteiger partial charge in [-0.2, -0.15) is 0 Å². The molecule has 1 amide bonds. The predicted octanol–water partition coefficient (Wildman–Crippen LogP) is 3.20. The van der Waals surface area contributed by atoms with Crippen LogP contribution < -0.4 is 5.32 Å². The molecular weight excluding hydrogens is 339 g/mol. The van der Waals surface area contributed by atoms with Gasteiger partial charge in [0.2, 0.25) is 5.91 Å². The third-order valence-electron chi connectivity index (χ3n) is 4.57. The Morgan fingerprint density at radius 2 is 2.04 bits per heavy atom. The number of piperidine rings is 1. The molecule has 4 nitrogen and oxygen atoms in total. The van der Waals surface area contributed by atoms with E-state index in [1.807, 2.05) is 17.5 Å². The van der Waals surface area contributed by atoms with Crippen LogP contribution in [0, 0.1) is 5.82 Å². The first-order valence-electron chi connectivity index (χ1n) is 8.49. The third kappa shape index (κ3) is 4.87. The zero-order valence-electron chi connectivity index (χ0n) is 14.3. The highest BCUT2D eigenvalue weighted by atomic mass is 32.1. The van der Waals surface area contributed by atoms with Crippen LogP contribution in [0.3, 0.4) is 0 Å². The van der Waals surface area contributed by atoms with Gasteiger partial charge in [0.25, 0.3) is 0 Å². The predicted molar refractivity (Wildman–Crippen MR) is 97.2 cm³/mol. The van der Waals surface area contributed by atoms with Crippen molar-refractivity contribution >= 4 is 17.2 Å². The summed E-state index contributed by atoms with van der Waals surface area (Å²) in [6, 6.07) is 10.0. The van der Waals surface area contributed by atoms with Crippen molar-refractivity contribution in [1.29, 1.82) is 0 Å². The molecule has 134 valence electrons. The number of carbonyl (C=O) groups excluding carboxylic acids is 1. The monoisotopic (exact) mass is 362 g/mol. The summed E-state index contributed by atoms with van der Waals surface area (Å²) in [5, 5.41) is 5.08. The second kappa shape index (κ2) is 8.56. The molecule has 0 saturated carbocycles. The summed E-state index contributed by atoms with van der Waals surface area (Å²) in [7, 11) is 1.74. The maximum absolute atomic E-state index is 13.2. The van der Waals surface area contributed by atoms with Gasteiger partial charge in [-0.3, -0.25) is 9.69 Å². The summed E-state index contributed by atoms with van der Waals surface area (Å²) in [4.78, 5) is 15.7. The van der Waals surface area contributed by atoms with Crippen LogP contribution >= 0.6 is 11.3 Å². The Labute approximate surface area is 151 Å². The van der Waals surface area contributed by atoms with Gasteiger partial charge in [0.15, 0.2) is 0 Å². The second-order valence-corrected chi connectivity index (χ2v) is 7.26. The first kappa shape index (κ1) is 18.0. The molecule has 1 fully saturated rings. The number of carbonyl (C=O) groups is 1. The summed E-state index contributed by atoms with van der Waals surface area (Å²) in [5.74, 6) is -0.292. The fourth-order valence-electron chi connectivity index (χ4n) is 3.14. The average molecular weight is 362 g/mol. The maximum Gasteiger partial charge on any atom is 0.234 e. The van der Waals surface area contributed by atoms with E-state index < -0.39 is 0 Å². The number of hydrogen-bond donors (Lipinski definition) is 1. The van der Waals surface area contributed by atoms with Gasteiger partial charge in [0.1, 0.15) is 5.82 Å². The van der Waals surface area contributed by atoms with Crippen molar-refractivity contribution in [3.8, 4) is 0 Å². The fraction of sp³-hybridized carbons (Fsp3) is 0.421. The Kier molecular flexibility index (Phi) is 6.18. The minimum absolute atomic E-state index is 0.0152. The fourth-order valence-corrected chi connectivity index (χ4v) is 3.94. The van der Waals surface area contributed by atoms with E-state index in [4.69, 9.17) is 4.74 Å². The SMILES string of the molecule is COC1CCN(CC(=O)NC(c2ccc(F)cc2)c2cccs2)CC1. The van der Waals surface area contributed by atoms with Crippen LogP contribution in [0.4, 0.5) is 4.39 Å². The lowest BCUT2D eigenvalue weighted by Gasteiger charge is -2.31. The molecule has 1 aliphatic heterocycles. The molecule has 2 aromatic rings. The molecule has 1 saturated heterocycles. The highest BCUT2D eigenvalue weighted by molar-refractivity contribution is 7.10. The number of nitrogens with zero attached hydrogens (tertiary/aromatic N) is 1. The molecule has 0 radical (unpaired) electrons. The normalized spacial score (nSPS) is 17.4. The Morgan fingerprint density at radius 3 is 2.64 bits per heavy atom. The van der Waals surface area contributed by atoms with Gasteiger partial charge in [-0.15, -0.1) is 11.3 Å². The first-order valence-corrected chi connectivity index (χ1v) is 9.37. The average Bonchev–Trinajstić information content (AvgIpc) is 3.15. The van der Waals surface area contributed by atoms with Crippen molar-refractivity contribution < 1.29 is 13.9 Å². The molecule has 1 aromatic heterocycles. The molecule has 3 rings (SSSR count). The molecule has 6 heteroatoms. The van der Waals surface area contributed by atoms with Gasteiger partial charge in [-0.05, 0) is 42.0 Å². The summed E-state index contributed by atoms with van der Waals surface area (Å²) >= 11 is 1.58. The maximum atomic E-state index is 13.2. The quantitative estimate of drug-likeness (QED) is 0.858. The summed E-state index contributed by atoms with van der Waals surface area (Å²) < 4.78 is 18.6. The third-order valence-corrected chi connectivity index (χ3v) is 5.51. The number of likely N-dealkylation sites (tertiary alicyclic amines) is 1. The zero-order chi connectivity index (χ0) is 17.6. The molecule has 2 heterocycles. The summed E-state index contributed by atoms with van der Waals surface area (Å²) in [5.41, 5.74) is 0.885. The van der Waals surface area contributed by atoms with Crippen molar-refractivity contribution in [2.24, 2.45) is 0 Å². The van der Waals surface area contributed by atoms with Crippen LogP contribution in [-0.2, 0) is 9.53 Å². The zero-order valence-corrected chi connectivity index (χ0v) is 15.1. The van der Waals surface area contributed by atoms with Crippen LogP contribution in [0.1, 0.15) is 29.3 Å². The van der Waals surface area contributed by atoms with Gasteiger partial charge >= 0.3 is 0 Å². The Balaban J connectivity index is 1.64. The lowest BCUT2D eigenvalue weighted by Crippen LogP contribution is -2.43. The van der Waals surface area contributed by atoms with Crippen LogP contribution in [0.2, 0.25) is 0 Å². The highest BCUT2D eigenvalue weighted by Crippen LogP contribution is 2.26. The molecule has 0 bridgehead atoms. The minimum Gasteiger partial charge on any atom is -0.381 e. The lowest BCUT2D eigenvalue weighted by molar-refractivity contribution is -0.123. The van der Waals surface area contributed by atoms with E-state index in [0.29, 0.717) is 12.6 Å². The van der Waals surface area contributed by atoms with E-state index in [9.17, 15) is 9.18 Å². The molecule has 25 heavy (non-hydrogen) atoms. The van der Waals surface area contributed by atoms with Gasteiger partial charge in [0, 0.05) is 25.1 Å². The number of thiophene rings is 1. The number of hydrogen-bond acceptors (Lipinski definition) is 4. The number of rotatable bonds is 6. The number of amides is 1. The number of nitrogens with one attached hydrogen (secondary N) is 1. The number of halogens is 1. The minimum atomic E-state index is -0.277. The van der Waals surface area contributed by atoms with Crippen LogP contribution in [0.5, 0.6) is 0 Å². The smallest absolute Gasteiger partial charge is 0.234 e. The van der Waals surface area contributed by atoms with Crippen molar-refractivity contribution in [3.05, 3.63) is 58.0 Å².